The Labute approximate surface area is 116 Å². The monoisotopic (exact) mass is 265 g/mol. The molecule has 0 saturated heterocycles. The molecule has 0 spiro atoms. The fraction of sp³-hybridized carbons (Fsp3) is 0.867. The Morgan fingerprint density at radius 1 is 1.37 bits per heavy atom. The van der Waals surface area contributed by atoms with Crippen LogP contribution in [0.5, 0.6) is 0 Å². The van der Waals surface area contributed by atoms with Crippen LogP contribution in [0.1, 0.15) is 70.0 Å². The number of aromatic nitrogens is 2. The van der Waals surface area contributed by atoms with E-state index in [0.29, 0.717) is 12.0 Å². The molecule has 1 aliphatic rings. The van der Waals surface area contributed by atoms with Crippen molar-refractivity contribution in [3.8, 4) is 0 Å². The van der Waals surface area contributed by atoms with E-state index in [2.05, 4.69) is 29.3 Å². The molecule has 0 aromatic carbocycles. The van der Waals surface area contributed by atoms with E-state index in [1.807, 2.05) is 7.05 Å². The number of hydrogen-bond acceptors (Lipinski definition) is 4. The summed E-state index contributed by atoms with van der Waals surface area (Å²) in [6.07, 6.45) is 8.23. The van der Waals surface area contributed by atoms with Crippen LogP contribution in [-0.4, -0.2) is 23.2 Å². The van der Waals surface area contributed by atoms with Crippen LogP contribution in [0, 0.1) is 5.92 Å². The SMILES string of the molecule is CCCC(Cc1nc(C2CCC(CC)C2)no1)NC. The number of rotatable bonds is 7. The Morgan fingerprint density at radius 3 is 2.84 bits per heavy atom. The van der Waals surface area contributed by atoms with Crippen molar-refractivity contribution in [2.75, 3.05) is 7.05 Å². The van der Waals surface area contributed by atoms with E-state index in [1.165, 1.54) is 32.1 Å². The lowest BCUT2D eigenvalue weighted by molar-refractivity contribution is 0.349. The standard InChI is InChI=1S/C15H27N3O/c1-4-6-13(16-3)10-14-17-15(18-19-14)12-8-7-11(5-2)9-12/h11-13,16H,4-10H2,1-3H3. The summed E-state index contributed by atoms with van der Waals surface area (Å²) in [6, 6.07) is 0.449. The van der Waals surface area contributed by atoms with Gasteiger partial charge in [0.15, 0.2) is 5.82 Å². The van der Waals surface area contributed by atoms with Crippen molar-refractivity contribution < 1.29 is 4.52 Å². The van der Waals surface area contributed by atoms with Crippen LogP contribution in [0.2, 0.25) is 0 Å². The third-order valence-electron chi connectivity index (χ3n) is 4.43. The molecule has 1 heterocycles. The normalized spacial score (nSPS) is 24.8. The minimum Gasteiger partial charge on any atom is -0.339 e. The van der Waals surface area contributed by atoms with Gasteiger partial charge in [0.2, 0.25) is 5.89 Å². The highest BCUT2D eigenvalue weighted by Crippen LogP contribution is 2.38. The van der Waals surface area contributed by atoms with Gasteiger partial charge in [0, 0.05) is 18.4 Å². The van der Waals surface area contributed by atoms with Crippen LogP contribution in [0.3, 0.4) is 0 Å². The van der Waals surface area contributed by atoms with Crippen molar-refractivity contribution >= 4 is 0 Å². The van der Waals surface area contributed by atoms with Crippen LogP contribution in [0.25, 0.3) is 0 Å². The van der Waals surface area contributed by atoms with E-state index < -0.39 is 0 Å². The molecule has 0 amide bonds. The Kier molecular flexibility index (Phi) is 5.37. The molecule has 1 N–H and O–H groups in total. The summed E-state index contributed by atoms with van der Waals surface area (Å²) < 4.78 is 5.42. The zero-order valence-corrected chi connectivity index (χ0v) is 12.5. The molecule has 0 radical (unpaired) electrons. The molecule has 0 bridgehead atoms. The molecule has 19 heavy (non-hydrogen) atoms. The summed E-state index contributed by atoms with van der Waals surface area (Å²) in [6.45, 7) is 4.48. The Balaban J connectivity index is 1.91. The third kappa shape index (κ3) is 3.78. The fourth-order valence-corrected chi connectivity index (χ4v) is 3.10. The molecule has 0 aliphatic heterocycles. The smallest absolute Gasteiger partial charge is 0.228 e. The van der Waals surface area contributed by atoms with Crippen LogP contribution in [0.15, 0.2) is 4.52 Å². The topological polar surface area (TPSA) is 51.0 Å². The van der Waals surface area contributed by atoms with Crippen molar-refractivity contribution in [1.29, 1.82) is 0 Å². The Morgan fingerprint density at radius 2 is 2.21 bits per heavy atom. The first kappa shape index (κ1) is 14.5. The highest BCUT2D eigenvalue weighted by molar-refractivity contribution is 5.00. The average molecular weight is 265 g/mol. The largest absolute Gasteiger partial charge is 0.339 e. The third-order valence-corrected chi connectivity index (χ3v) is 4.43. The molecule has 1 aromatic rings. The summed E-state index contributed by atoms with van der Waals surface area (Å²) in [5, 5.41) is 7.52. The second-order valence-electron chi connectivity index (χ2n) is 5.81. The predicted molar refractivity (Wildman–Crippen MR) is 76.1 cm³/mol. The second-order valence-corrected chi connectivity index (χ2v) is 5.81. The van der Waals surface area contributed by atoms with Crippen molar-refractivity contribution in [2.24, 2.45) is 5.92 Å². The molecular weight excluding hydrogens is 238 g/mol. The second kappa shape index (κ2) is 7.04. The van der Waals surface area contributed by atoms with E-state index in [9.17, 15) is 0 Å². The van der Waals surface area contributed by atoms with Crippen LogP contribution < -0.4 is 5.32 Å². The predicted octanol–water partition coefficient (Wildman–Crippen LogP) is 3.29. The van der Waals surface area contributed by atoms with Crippen molar-refractivity contribution in [3.05, 3.63) is 11.7 Å². The Bertz CT molecular complexity index is 377. The van der Waals surface area contributed by atoms with Gasteiger partial charge < -0.3 is 9.84 Å². The van der Waals surface area contributed by atoms with E-state index in [4.69, 9.17) is 4.52 Å². The fourth-order valence-electron chi connectivity index (χ4n) is 3.10. The highest BCUT2D eigenvalue weighted by atomic mass is 16.5. The maximum Gasteiger partial charge on any atom is 0.228 e. The molecule has 1 aliphatic carbocycles. The maximum atomic E-state index is 5.42. The lowest BCUT2D eigenvalue weighted by Crippen LogP contribution is -2.27. The van der Waals surface area contributed by atoms with Gasteiger partial charge in [0.25, 0.3) is 0 Å². The molecule has 4 nitrogen and oxygen atoms in total. The van der Waals surface area contributed by atoms with Gasteiger partial charge in [-0.3, -0.25) is 0 Å². The summed E-state index contributed by atoms with van der Waals surface area (Å²) in [5.41, 5.74) is 0. The van der Waals surface area contributed by atoms with E-state index in [0.717, 1.165) is 30.5 Å². The minimum absolute atomic E-state index is 0.449. The van der Waals surface area contributed by atoms with Gasteiger partial charge in [-0.2, -0.15) is 4.98 Å². The molecule has 1 saturated carbocycles. The zero-order valence-electron chi connectivity index (χ0n) is 12.5. The van der Waals surface area contributed by atoms with Gasteiger partial charge in [-0.25, -0.2) is 0 Å². The zero-order chi connectivity index (χ0) is 13.7. The van der Waals surface area contributed by atoms with Crippen LogP contribution in [-0.2, 0) is 6.42 Å². The van der Waals surface area contributed by atoms with E-state index in [1.54, 1.807) is 0 Å². The number of hydrogen-bond donors (Lipinski definition) is 1. The molecule has 1 fully saturated rings. The van der Waals surface area contributed by atoms with Gasteiger partial charge in [0.05, 0.1) is 0 Å². The molecule has 3 atom stereocenters. The quantitative estimate of drug-likeness (QED) is 0.822. The number of likely N-dealkylation sites (N-methyl/N-ethyl adjacent to an activating group) is 1. The van der Waals surface area contributed by atoms with E-state index >= 15 is 0 Å². The van der Waals surface area contributed by atoms with Gasteiger partial charge >= 0.3 is 0 Å². The maximum absolute atomic E-state index is 5.42. The summed E-state index contributed by atoms with van der Waals surface area (Å²) in [7, 11) is 2.00. The average Bonchev–Trinajstić information content (AvgIpc) is 3.06. The van der Waals surface area contributed by atoms with Gasteiger partial charge in [0.1, 0.15) is 0 Å². The van der Waals surface area contributed by atoms with Gasteiger partial charge in [-0.15, -0.1) is 0 Å². The lowest BCUT2D eigenvalue weighted by atomic mass is 10.0. The minimum atomic E-state index is 0.449. The van der Waals surface area contributed by atoms with Gasteiger partial charge in [-0.1, -0.05) is 31.8 Å². The lowest BCUT2D eigenvalue weighted by Gasteiger charge is -2.11. The summed E-state index contributed by atoms with van der Waals surface area (Å²) >= 11 is 0. The van der Waals surface area contributed by atoms with Crippen LogP contribution in [0.4, 0.5) is 0 Å². The molecular formula is C15H27N3O. The van der Waals surface area contributed by atoms with E-state index in [-0.39, 0.29) is 0 Å². The first-order valence-electron chi connectivity index (χ1n) is 7.76. The Hall–Kier alpha value is -0.900. The van der Waals surface area contributed by atoms with Crippen molar-refractivity contribution in [3.63, 3.8) is 0 Å². The van der Waals surface area contributed by atoms with Crippen molar-refractivity contribution in [1.82, 2.24) is 15.5 Å². The first-order chi connectivity index (χ1) is 9.26. The molecule has 1 aromatic heterocycles. The summed E-state index contributed by atoms with van der Waals surface area (Å²) in [5.74, 6) is 3.12. The molecule has 4 heteroatoms. The summed E-state index contributed by atoms with van der Waals surface area (Å²) in [4.78, 5) is 4.61. The van der Waals surface area contributed by atoms with Crippen molar-refractivity contribution in [2.45, 2.75) is 70.8 Å². The molecule has 108 valence electrons. The van der Waals surface area contributed by atoms with Crippen LogP contribution >= 0.6 is 0 Å². The first-order valence-corrected chi connectivity index (χ1v) is 7.76. The molecule has 2 rings (SSSR count). The van der Waals surface area contributed by atoms with Gasteiger partial charge in [-0.05, 0) is 38.6 Å². The molecule has 3 unspecified atom stereocenters. The number of nitrogens with one attached hydrogen (secondary N) is 1. The number of nitrogens with zero attached hydrogens (tertiary/aromatic N) is 2. The highest BCUT2D eigenvalue weighted by Gasteiger charge is 2.28.